The molecule has 0 aromatic carbocycles. The van der Waals surface area contributed by atoms with Gasteiger partial charge in [-0.3, -0.25) is 4.90 Å². The van der Waals surface area contributed by atoms with Crippen LogP contribution < -0.4 is 0 Å². The maximum atomic E-state index is 12.8. The van der Waals surface area contributed by atoms with Gasteiger partial charge in [0.1, 0.15) is 0 Å². The topological polar surface area (TPSA) is 43.9 Å². The quantitative estimate of drug-likeness (QED) is 0.693. The zero-order chi connectivity index (χ0) is 15.5. The molecule has 21 heavy (non-hydrogen) atoms. The Morgan fingerprint density at radius 3 is 2.52 bits per heavy atom. The van der Waals surface area contributed by atoms with Crippen molar-refractivity contribution in [1.29, 1.82) is 0 Å². The standard InChI is InChI=1S/C14H28ClN3O2S/c1-3-17-9-6-8-14(17)12-16(2)21(19,20)18-10-5-4-7-13(18)11-15/h13-14H,3-12H2,1-2H3. The van der Waals surface area contributed by atoms with E-state index >= 15 is 0 Å². The number of nitrogens with zero attached hydrogens (tertiary/aromatic N) is 3. The first-order chi connectivity index (χ1) is 10.0. The third-order valence-corrected chi connectivity index (χ3v) is 7.18. The van der Waals surface area contributed by atoms with E-state index in [9.17, 15) is 8.42 Å². The summed E-state index contributed by atoms with van der Waals surface area (Å²) in [6.07, 6.45) is 5.14. The Morgan fingerprint density at radius 1 is 1.14 bits per heavy atom. The molecule has 0 spiro atoms. The Morgan fingerprint density at radius 2 is 1.86 bits per heavy atom. The van der Waals surface area contributed by atoms with Gasteiger partial charge in [-0.05, 0) is 38.8 Å². The molecule has 124 valence electrons. The summed E-state index contributed by atoms with van der Waals surface area (Å²) in [7, 11) is -1.68. The van der Waals surface area contributed by atoms with Gasteiger partial charge < -0.3 is 0 Å². The SMILES string of the molecule is CCN1CCCC1CN(C)S(=O)(=O)N1CCCCC1CCl. The van der Waals surface area contributed by atoms with Gasteiger partial charge >= 0.3 is 0 Å². The lowest BCUT2D eigenvalue weighted by molar-refractivity contribution is 0.217. The summed E-state index contributed by atoms with van der Waals surface area (Å²) in [4.78, 5) is 2.38. The fourth-order valence-electron chi connectivity index (χ4n) is 3.52. The van der Waals surface area contributed by atoms with E-state index in [-0.39, 0.29) is 6.04 Å². The van der Waals surface area contributed by atoms with Crippen molar-refractivity contribution in [1.82, 2.24) is 13.5 Å². The van der Waals surface area contributed by atoms with Crippen LogP contribution in [0.1, 0.15) is 39.0 Å². The fraction of sp³-hybridized carbons (Fsp3) is 1.00. The second-order valence-electron chi connectivity index (χ2n) is 6.13. The average molecular weight is 338 g/mol. The van der Waals surface area contributed by atoms with Crippen molar-refractivity contribution < 1.29 is 8.42 Å². The molecule has 2 aliphatic heterocycles. The minimum Gasteiger partial charge on any atom is -0.299 e. The van der Waals surface area contributed by atoms with Gasteiger partial charge in [0, 0.05) is 38.1 Å². The van der Waals surface area contributed by atoms with Gasteiger partial charge in [0.05, 0.1) is 0 Å². The van der Waals surface area contributed by atoms with Crippen molar-refractivity contribution >= 4 is 21.8 Å². The highest BCUT2D eigenvalue weighted by atomic mass is 35.5. The van der Waals surface area contributed by atoms with Crippen LogP contribution in [-0.2, 0) is 10.2 Å². The normalized spacial score (nSPS) is 29.3. The maximum Gasteiger partial charge on any atom is 0.282 e. The van der Waals surface area contributed by atoms with Crippen LogP contribution in [-0.4, -0.2) is 73.1 Å². The van der Waals surface area contributed by atoms with Crippen molar-refractivity contribution in [2.75, 3.05) is 39.1 Å². The zero-order valence-electron chi connectivity index (χ0n) is 13.2. The molecular formula is C14H28ClN3O2S. The van der Waals surface area contributed by atoms with Gasteiger partial charge in [-0.25, -0.2) is 0 Å². The predicted octanol–water partition coefficient (Wildman–Crippen LogP) is 1.74. The molecule has 2 fully saturated rings. The third-order valence-electron chi connectivity index (χ3n) is 4.81. The molecule has 0 amide bonds. The Kier molecular flexibility index (Phi) is 6.32. The Hall–Kier alpha value is 0.120. The summed E-state index contributed by atoms with van der Waals surface area (Å²) in [5, 5.41) is 0. The second kappa shape index (κ2) is 7.59. The van der Waals surface area contributed by atoms with Crippen LogP contribution in [0.3, 0.4) is 0 Å². The number of rotatable bonds is 6. The Bertz CT molecular complexity index is 432. The molecular weight excluding hydrogens is 310 g/mol. The number of hydrogen-bond donors (Lipinski definition) is 0. The van der Waals surface area contributed by atoms with E-state index < -0.39 is 10.2 Å². The Labute approximate surface area is 134 Å². The van der Waals surface area contributed by atoms with Crippen molar-refractivity contribution in [2.24, 2.45) is 0 Å². The molecule has 0 bridgehead atoms. The minimum absolute atomic E-state index is 0.0428. The number of halogens is 1. The molecule has 0 saturated carbocycles. The lowest BCUT2D eigenvalue weighted by Crippen LogP contribution is -2.52. The van der Waals surface area contributed by atoms with Crippen LogP contribution in [0.2, 0.25) is 0 Å². The molecule has 2 aliphatic rings. The summed E-state index contributed by atoms with van der Waals surface area (Å²) < 4.78 is 28.8. The monoisotopic (exact) mass is 337 g/mol. The average Bonchev–Trinajstić information content (AvgIpc) is 2.94. The molecule has 2 atom stereocenters. The maximum absolute atomic E-state index is 12.8. The van der Waals surface area contributed by atoms with Crippen LogP contribution in [0.4, 0.5) is 0 Å². The smallest absolute Gasteiger partial charge is 0.282 e. The van der Waals surface area contributed by atoms with Gasteiger partial charge in [0.15, 0.2) is 0 Å². The van der Waals surface area contributed by atoms with E-state index in [1.54, 1.807) is 11.4 Å². The number of likely N-dealkylation sites (tertiary alicyclic amines) is 1. The number of likely N-dealkylation sites (N-methyl/N-ethyl adjacent to an activating group) is 2. The highest BCUT2D eigenvalue weighted by molar-refractivity contribution is 7.86. The summed E-state index contributed by atoms with van der Waals surface area (Å²) in [5.74, 6) is 0.386. The van der Waals surface area contributed by atoms with E-state index in [4.69, 9.17) is 11.6 Å². The molecule has 0 radical (unpaired) electrons. The van der Waals surface area contributed by atoms with Crippen molar-refractivity contribution in [3.8, 4) is 0 Å². The van der Waals surface area contributed by atoms with E-state index in [1.165, 1.54) is 10.7 Å². The molecule has 2 heterocycles. The molecule has 0 aromatic heterocycles. The highest BCUT2D eigenvalue weighted by Crippen LogP contribution is 2.24. The van der Waals surface area contributed by atoms with Crippen LogP contribution in [0.25, 0.3) is 0 Å². The zero-order valence-corrected chi connectivity index (χ0v) is 14.7. The van der Waals surface area contributed by atoms with Crippen LogP contribution >= 0.6 is 11.6 Å². The van der Waals surface area contributed by atoms with E-state index in [0.717, 1.165) is 38.8 Å². The van der Waals surface area contributed by atoms with E-state index in [2.05, 4.69) is 11.8 Å². The molecule has 2 unspecified atom stereocenters. The largest absolute Gasteiger partial charge is 0.299 e. The first kappa shape index (κ1) is 17.5. The molecule has 2 rings (SSSR count). The molecule has 5 nitrogen and oxygen atoms in total. The van der Waals surface area contributed by atoms with E-state index in [0.29, 0.717) is 25.0 Å². The minimum atomic E-state index is -3.39. The van der Waals surface area contributed by atoms with Crippen molar-refractivity contribution in [2.45, 2.75) is 51.1 Å². The lowest BCUT2D eigenvalue weighted by Gasteiger charge is -2.37. The van der Waals surface area contributed by atoms with Gasteiger partial charge in [0.2, 0.25) is 0 Å². The number of piperidine rings is 1. The van der Waals surface area contributed by atoms with Crippen LogP contribution in [0.15, 0.2) is 0 Å². The van der Waals surface area contributed by atoms with Crippen LogP contribution in [0, 0.1) is 0 Å². The fourth-order valence-corrected chi connectivity index (χ4v) is 5.56. The van der Waals surface area contributed by atoms with E-state index in [1.807, 2.05) is 0 Å². The van der Waals surface area contributed by atoms with Gasteiger partial charge in [0.25, 0.3) is 10.2 Å². The molecule has 0 aromatic rings. The predicted molar refractivity (Wildman–Crippen MR) is 86.9 cm³/mol. The van der Waals surface area contributed by atoms with Gasteiger partial charge in [-0.15, -0.1) is 11.6 Å². The number of hydrogen-bond acceptors (Lipinski definition) is 3. The van der Waals surface area contributed by atoms with Gasteiger partial charge in [-0.2, -0.15) is 17.0 Å². The molecule has 7 heteroatoms. The molecule has 2 saturated heterocycles. The number of alkyl halides is 1. The Balaban J connectivity index is 2.03. The second-order valence-corrected chi connectivity index (χ2v) is 8.42. The lowest BCUT2D eigenvalue weighted by atomic mass is 10.1. The summed E-state index contributed by atoms with van der Waals surface area (Å²) in [6, 6.07) is 0.313. The third kappa shape index (κ3) is 3.91. The van der Waals surface area contributed by atoms with Gasteiger partial charge in [-0.1, -0.05) is 13.3 Å². The molecule has 0 aliphatic carbocycles. The highest BCUT2D eigenvalue weighted by Gasteiger charge is 2.36. The summed E-state index contributed by atoms with van der Waals surface area (Å²) in [5.41, 5.74) is 0. The van der Waals surface area contributed by atoms with Crippen LogP contribution in [0.5, 0.6) is 0 Å². The first-order valence-electron chi connectivity index (χ1n) is 8.03. The summed E-state index contributed by atoms with van der Waals surface area (Å²) >= 11 is 5.97. The van der Waals surface area contributed by atoms with Crippen molar-refractivity contribution in [3.63, 3.8) is 0 Å². The summed E-state index contributed by atoms with van der Waals surface area (Å²) in [6.45, 7) is 5.41. The van der Waals surface area contributed by atoms with Crippen molar-refractivity contribution in [3.05, 3.63) is 0 Å². The molecule has 0 N–H and O–H groups in total. The first-order valence-corrected chi connectivity index (χ1v) is 9.97.